The van der Waals surface area contributed by atoms with Crippen molar-refractivity contribution in [1.29, 1.82) is 0 Å². The summed E-state index contributed by atoms with van der Waals surface area (Å²) in [6.07, 6.45) is 6.26. The first-order chi connectivity index (χ1) is 13.9. The molecule has 0 atom stereocenters. The highest BCUT2D eigenvalue weighted by molar-refractivity contribution is 9.10. The molecule has 29 heavy (non-hydrogen) atoms. The largest absolute Gasteiger partial charge is 0.493 e. The first-order valence-electron chi connectivity index (χ1n) is 9.18. The van der Waals surface area contributed by atoms with Gasteiger partial charge in [0.2, 0.25) is 5.91 Å². The van der Waals surface area contributed by atoms with Gasteiger partial charge in [-0.25, -0.2) is 0 Å². The van der Waals surface area contributed by atoms with Crippen molar-refractivity contribution in [3.8, 4) is 11.5 Å². The Morgan fingerprint density at radius 3 is 2.66 bits per heavy atom. The second-order valence-corrected chi connectivity index (χ2v) is 7.06. The highest BCUT2D eigenvalue weighted by Crippen LogP contribution is 2.29. The molecule has 2 aromatic rings. The Balaban J connectivity index is 2.01. The van der Waals surface area contributed by atoms with Crippen LogP contribution in [0.1, 0.15) is 31.7 Å². The van der Waals surface area contributed by atoms with E-state index in [4.69, 9.17) is 9.47 Å². The van der Waals surface area contributed by atoms with Gasteiger partial charge in [-0.1, -0.05) is 25.8 Å². The molecule has 2 aromatic carbocycles. The monoisotopic (exact) mass is 462 g/mol. The molecular weight excluding hydrogens is 440 g/mol. The summed E-state index contributed by atoms with van der Waals surface area (Å²) in [6.45, 7) is 2.77. The lowest BCUT2D eigenvalue weighted by atomic mass is 10.2. The third kappa shape index (κ3) is 6.90. The van der Waals surface area contributed by atoms with Gasteiger partial charge in [-0.05, 0) is 52.2 Å². The normalized spacial score (nSPS) is 10.7. The molecule has 0 saturated heterocycles. The van der Waals surface area contributed by atoms with Gasteiger partial charge in [-0.3, -0.25) is 14.9 Å². The summed E-state index contributed by atoms with van der Waals surface area (Å²) in [6, 6.07) is 9.58. The van der Waals surface area contributed by atoms with Crippen molar-refractivity contribution >= 4 is 39.3 Å². The molecule has 154 valence electrons. The average molecular weight is 463 g/mol. The summed E-state index contributed by atoms with van der Waals surface area (Å²) in [5.74, 6) is 0.903. The first-order valence-corrected chi connectivity index (χ1v) is 9.97. The smallest absolute Gasteiger partial charge is 0.270 e. The molecule has 0 fully saturated rings. The zero-order chi connectivity index (χ0) is 21.2. The van der Waals surface area contributed by atoms with Crippen molar-refractivity contribution < 1.29 is 19.2 Å². The maximum atomic E-state index is 12.2. The van der Waals surface area contributed by atoms with Crippen LogP contribution in [0.3, 0.4) is 0 Å². The fraction of sp³-hybridized carbons (Fsp3) is 0.286. The van der Waals surface area contributed by atoms with Crippen LogP contribution in [0.25, 0.3) is 6.08 Å². The van der Waals surface area contributed by atoms with E-state index in [1.54, 1.807) is 19.3 Å². The number of nitrogens with zero attached hydrogens (tertiary/aromatic N) is 1. The van der Waals surface area contributed by atoms with Crippen molar-refractivity contribution in [2.24, 2.45) is 0 Å². The Kier molecular flexibility index (Phi) is 8.67. The molecule has 0 heterocycles. The van der Waals surface area contributed by atoms with Crippen LogP contribution in [0.2, 0.25) is 0 Å². The predicted molar refractivity (Wildman–Crippen MR) is 116 cm³/mol. The van der Waals surface area contributed by atoms with Crippen LogP contribution in [0, 0.1) is 10.1 Å². The minimum Gasteiger partial charge on any atom is -0.493 e. The number of non-ortho nitro benzene ring substituents is 1. The maximum Gasteiger partial charge on any atom is 0.270 e. The number of nitro groups is 1. The summed E-state index contributed by atoms with van der Waals surface area (Å²) in [5.41, 5.74) is 1.16. The fourth-order valence-electron chi connectivity index (χ4n) is 2.51. The molecule has 0 aliphatic rings. The van der Waals surface area contributed by atoms with Gasteiger partial charge in [0, 0.05) is 22.7 Å². The molecule has 0 aliphatic carbocycles. The van der Waals surface area contributed by atoms with Crippen LogP contribution in [-0.2, 0) is 4.79 Å². The van der Waals surface area contributed by atoms with Crippen LogP contribution in [-0.4, -0.2) is 24.5 Å². The number of carbonyl (C=O) groups excluding carboxylic acids is 1. The van der Waals surface area contributed by atoms with E-state index in [0.29, 0.717) is 28.3 Å². The zero-order valence-corrected chi connectivity index (χ0v) is 17.9. The standard InChI is InChI=1S/C21H23BrN2O5/c1-3-4-5-12-29-19-10-6-15(13-20(19)28-2)7-11-21(25)23-18-9-8-16(24(26)27)14-17(18)22/h6-11,13-14H,3-5,12H2,1-2H3,(H,23,25)/b11-7+. The lowest BCUT2D eigenvalue weighted by Gasteiger charge is -2.11. The number of nitrogens with one attached hydrogen (secondary N) is 1. The van der Waals surface area contributed by atoms with E-state index in [-0.39, 0.29) is 11.6 Å². The average Bonchev–Trinajstić information content (AvgIpc) is 2.71. The Morgan fingerprint density at radius 2 is 2.00 bits per heavy atom. The number of hydrogen-bond acceptors (Lipinski definition) is 5. The predicted octanol–water partition coefficient (Wildman–Crippen LogP) is 5.59. The molecule has 2 rings (SSSR count). The van der Waals surface area contributed by atoms with E-state index in [0.717, 1.165) is 24.8 Å². The van der Waals surface area contributed by atoms with Crippen LogP contribution in [0.5, 0.6) is 11.5 Å². The fourth-order valence-corrected chi connectivity index (χ4v) is 2.97. The van der Waals surface area contributed by atoms with Crippen LogP contribution in [0.4, 0.5) is 11.4 Å². The third-order valence-electron chi connectivity index (χ3n) is 4.04. The van der Waals surface area contributed by atoms with E-state index in [9.17, 15) is 14.9 Å². The van der Waals surface area contributed by atoms with Crippen molar-refractivity contribution in [1.82, 2.24) is 0 Å². The molecule has 8 heteroatoms. The van der Waals surface area contributed by atoms with Crippen LogP contribution in [0.15, 0.2) is 46.9 Å². The maximum absolute atomic E-state index is 12.2. The summed E-state index contributed by atoms with van der Waals surface area (Å²) in [5, 5.41) is 13.5. The van der Waals surface area contributed by atoms with E-state index in [2.05, 4.69) is 28.2 Å². The molecule has 0 bridgehead atoms. The lowest BCUT2D eigenvalue weighted by Crippen LogP contribution is -2.08. The number of hydrogen-bond donors (Lipinski definition) is 1. The van der Waals surface area contributed by atoms with E-state index >= 15 is 0 Å². The van der Waals surface area contributed by atoms with Gasteiger partial charge < -0.3 is 14.8 Å². The van der Waals surface area contributed by atoms with Gasteiger partial charge in [0.05, 0.1) is 24.3 Å². The van der Waals surface area contributed by atoms with Crippen molar-refractivity contribution in [2.45, 2.75) is 26.2 Å². The molecule has 0 unspecified atom stereocenters. The molecule has 0 saturated carbocycles. The van der Waals surface area contributed by atoms with Crippen molar-refractivity contribution in [3.05, 3.63) is 62.6 Å². The molecule has 1 N–H and O–H groups in total. The molecule has 7 nitrogen and oxygen atoms in total. The van der Waals surface area contributed by atoms with Gasteiger partial charge in [0.15, 0.2) is 11.5 Å². The van der Waals surface area contributed by atoms with E-state index < -0.39 is 4.92 Å². The molecule has 0 spiro atoms. The number of carbonyl (C=O) groups is 1. The number of halogens is 1. The molecule has 1 amide bonds. The summed E-state index contributed by atoms with van der Waals surface area (Å²) in [4.78, 5) is 22.5. The minimum atomic E-state index is -0.499. The zero-order valence-electron chi connectivity index (χ0n) is 16.3. The minimum absolute atomic E-state index is 0.0606. The van der Waals surface area contributed by atoms with Gasteiger partial charge >= 0.3 is 0 Å². The number of methoxy groups -OCH3 is 1. The number of nitro benzene ring substituents is 1. The SMILES string of the molecule is CCCCCOc1ccc(/C=C/C(=O)Nc2ccc([N+](=O)[O-])cc2Br)cc1OC. The number of benzene rings is 2. The van der Waals surface area contributed by atoms with Gasteiger partial charge in [0.25, 0.3) is 5.69 Å². The second kappa shape index (κ2) is 11.2. The van der Waals surface area contributed by atoms with Crippen molar-refractivity contribution in [3.63, 3.8) is 0 Å². The Labute approximate surface area is 178 Å². The molecular formula is C21H23BrN2O5. The first kappa shape index (κ1) is 22.4. The van der Waals surface area contributed by atoms with Crippen LogP contribution < -0.4 is 14.8 Å². The summed E-state index contributed by atoms with van der Waals surface area (Å²) in [7, 11) is 1.57. The lowest BCUT2D eigenvalue weighted by molar-refractivity contribution is -0.384. The molecule has 0 aliphatic heterocycles. The van der Waals surface area contributed by atoms with E-state index in [1.165, 1.54) is 24.3 Å². The third-order valence-corrected chi connectivity index (χ3v) is 4.70. The number of anilines is 1. The van der Waals surface area contributed by atoms with Crippen molar-refractivity contribution in [2.75, 3.05) is 19.0 Å². The summed E-state index contributed by atoms with van der Waals surface area (Å²) >= 11 is 3.22. The number of amides is 1. The van der Waals surface area contributed by atoms with Gasteiger partial charge in [0.1, 0.15) is 0 Å². The number of rotatable bonds is 10. The Hall–Kier alpha value is -2.87. The molecule has 0 aromatic heterocycles. The Bertz CT molecular complexity index is 899. The quantitative estimate of drug-likeness (QED) is 0.215. The van der Waals surface area contributed by atoms with E-state index in [1.807, 2.05) is 12.1 Å². The number of ether oxygens (including phenoxy) is 2. The molecule has 0 radical (unpaired) electrons. The van der Waals surface area contributed by atoms with Gasteiger partial charge in [-0.15, -0.1) is 0 Å². The van der Waals surface area contributed by atoms with Gasteiger partial charge in [-0.2, -0.15) is 0 Å². The topological polar surface area (TPSA) is 90.7 Å². The summed E-state index contributed by atoms with van der Waals surface area (Å²) < 4.78 is 11.5. The highest BCUT2D eigenvalue weighted by atomic mass is 79.9. The highest BCUT2D eigenvalue weighted by Gasteiger charge is 2.10. The number of unbranched alkanes of at least 4 members (excludes halogenated alkanes) is 2. The van der Waals surface area contributed by atoms with Crippen LogP contribution >= 0.6 is 15.9 Å². The second-order valence-electron chi connectivity index (χ2n) is 6.21. The Morgan fingerprint density at radius 1 is 1.21 bits per heavy atom.